The van der Waals surface area contributed by atoms with Crippen molar-refractivity contribution in [3.05, 3.63) is 29.8 Å². The zero-order chi connectivity index (χ0) is 24.1. The lowest BCUT2D eigenvalue weighted by molar-refractivity contribution is -0.121. The number of amides is 3. The maximum Gasteiger partial charge on any atom is 0.387 e. The summed E-state index contributed by atoms with van der Waals surface area (Å²) in [5, 5.41) is 12.4. The van der Waals surface area contributed by atoms with Crippen LogP contribution >= 0.6 is 0 Å². The predicted molar refractivity (Wildman–Crippen MR) is 111 cm³/mol. The number of benzene rings is 1. The molecule has 2 N–H and O–H groups in total. The summed E-state index contributed by atoms with van der Waals surface area (Å²) < 4.78 is 61.4. The smallest absolute Gasteiger partial charge is 0.387 e. The molecule has 1 atom stereocenters. The monoisotopic (exact) mass is 486 g/mol. The Morgan fingerprint density at radius 1 is 1.24 bits per heavy atom. The molecule has 2 fully saturated rings. The van der Waals surface area contributed by atoms with Crippen LogP contribution in [-0.4, -0.2) is 75.5 Å². The zero-order valence-corrected chi connectivity index (χ0v) is 18.4. The van der Waals surface area contributed by atoms with Gasteiger partial charge in [-0.25, -0.2) is 13.2 Å². The zero-order valence-electron chi connectivity index (χ0n) is 17.6. The molecule has 1 aliphatic heterocycles. The molecule has 2 aliphatic rings. The number of halogens is 2. The second-order valence-electron chi connectivity index (χ2n) is 7.75. The second kappa shape index (κ2) is 10.3. The Hall–Kier alpha value is -2.98. The van der Waals surface area contributed by atoms with Gasteiger partial charge in [0.1, 0.15) is 11.3 Å². The molecule has 1 saturated carbocycles. The third-order valence-corrected chi connectivity index (χ3v) is 7.30. The van der Waals surface area contributed by atoms with E-state index in [2.05, 4.69) is 15.4 Å². The van der Waals surface area contributed by atoms with Crippen LogP contribution in [0.1, 0.15) is 18.4 Å². The van der Waals surface area contributed by atoms with Crippen molar-refractivity contribution in [1.82, 2.24) is 15.5 Å². The van der Waals surface area contributed by atoms with Crippen LogP contribution in [-0.2, 0) is 25.1 Å². The summed E-state index contributed by atoms with van der Waals surface area (Å²) in [6.45, 7) is -2.42. The number of hydrogen-bond acceptors (Lipinski definition) is 7. The molecule has 1 heterocycles. The Balaban J connectivity index is 1.79. The molecule has 1 unspecified atom stereocenters. The van der Waals surface area contributed by atoms with Crippen LogP contribution in [0.3, 0.4) is 0 Å². The van der Waals surface area contributed by atoms with Crippen molar-refractivity contribution in [2.24, 2.45) is 0 Å². The third-order valence-electron chi connectivity index (χ3n) is 5.33. The van der Waals surface area contributed by atoms with E-state index in [0.717, 1.165) is 0 Å². The van der Waals surface area contributed by atoms with Gasteiger partial charge in [-0.2, -0.15) is 14.0 Å². The molecule has 13 heteroatoms. The van der Waals surface area contributed by atoms with Crippen LogP contribution in [0.15, 0.2) is 24.3 Å². The maximum atomic E-state index is 13.2. The van der Waals surface area contributed by atoms with E-state index in [-0.39, 0.29) is 11.3 Å². The lowest BCUT2D eigenvalue weighted by Gasteiger charge is -2.28. The van der Waals surface area contributed by atoms with Crippen molar-refractivity contribution >= 4 is 21.8 Å². The van der Waals surface area contributed by atoms with Gasteiger partial charge in [0.15, 0.2) is 15.1 Å². The number of carbonyl (C=O) groups is 2. The largest absolute Gasteiger partial charge is 0.435 e. The quantitative estimate of drug-likeness (QED) is 0.526. The maximum absolute atomic E-state index is 13.2. The van der Waals surface area contributed by atoms with Gasteiger partial charge >= 0.3 is 12.6 Å². The highest BCUT2D eigenvalue weighted by atomic mass is 32.2. The second-order valence-corrected chi connectivity index (χ2v) is 9.93. The Bertz CT molecular complexity index is 1020. The topological polar surface area (TPSA) is 138 Å². The van der Waals surface area contributed by atoms with E-state index < -0.39 is 51.5 Å². The number of urea groups is 1. The van der Waals surface area contributed by atoms with Gasteiger partial charge in [-0.3, -0.25) is 4.79 Å². The van der Waals surface area contributed by atoms with Gasteiger partial charge in [-0.15, -0.1) is 0 Å². The standard InChI is InChI=1S/C20H24F2N4O6S/c21-18(22)32-15-4-2-1-3-14(15)12-33(29,30)16(17(27)25-20(13-23)5-6-20)11-24-19(28)26-7-9-31-10-8-26/h1-4,16,18H,5-12H2,(H,24,28)(H,25,27). The highest BCUT2D eigenvalue weighted by Gasteiger charge is 2.47. The number of ether oxygens (including phenoxy) is 2. The fourth-order valence-corrected chi connectivity index (χ4v) is 4.89. The van der Waals surface area contributed by atoms with Crippen LogP contribution in [0.25, 0.3) is 0 Å². The van der Waals surface area contributed by atoms with Gasteiger partial charge in [0.25, 0.3) is 0 Å². The van der Waals surface area contributed by atoms with Crippen molar-refractivity contribution in [2.45, 2.75) is 36.0 Å². The van der Waals surface area contributed by atoms with E-state index in [4.69, 9.17) is 4.74 Å². The predicted octanol–water partition coefficient (Wildman–Crippen LogP) is 0.786. The van der Waals surface area contributed by atoms with Crippen molar-refractivity contribution in [3.63, 3.8) is 0 Å². The molecule has 0 bridgehead atoms. The van der Waals surface area contributed by atoms with E-state index in [1.807, 2.05) is 6.07 Å². The molecule has 1 aliphatic carbocycles. The number of nitriles is 1. The van der Waals surface area contributed by atoms with Gasteiger partial charge in [0, 0.05) is 25.2 Å². The average Bonchev–Trinajstić information content (AvgIpc) is 3.55. The van der Waals surface area contributed by atoms with Gasteiger partial charge in [-0.1, -0.05) is 18.2 Å². The number of carbonyl (C=O) groups excluding carboxylic acids is 2. The summed E-state index contributed by atoms with van der Waals surface area (Å²) in [7, 11) is -4.32. The number of sulfone groups is 1. The summed E-state index contributed by atoms with van der Waals surface area (Å²) in [4.78, 5) is 26.7. The Morgan fingerprint density at radius 2 is 1.91 bits per heavy atom. The Labute approximate surface area is 189 Å². The SMILES string of the molecule is N#CC1(NC(=O)C(CNC(=O)N2CCOCC2)S(=O)(=O)Cc2ccccc2OC(F)F)CC1. The molecule has 3 rings (SSSR count). The molecule has 180 valence electrons. The van der Waals surface area contributed by atoms with Crippen LogP contribution in [0.5, 0.6) is 5.75 Å². The molecule has 3 amide bonds. The van der Waals surface area contributed by atoms with Gasteiger partial charge in [0.2, 0.25) is 5.91 Å². The molecule has 10 nitrogen and oxygen atoms in total. The highest BCUT2D eigenvalue weighted by Crippen LogP contribution is 2.34. The van der Waals surface area contributed by atoms with Gasteiger partial charge in [0.05, 0.1) is 25.0 Å². The molecule has 33 heavy (non-hydrogen) atoms. The molecule has 1 aromatic carbocycles. The summed E-state index contributed by atoms with van der Waals surface area (Å²) >= 11 is 0. The lowest BCUT2D eigenvalue weighted by atomic mass is 10.2. The van der Waals surface area contributed by atoms with E-state index in [1.165, 1.54) is 29.2 Å². The number of nitrogens with one attached hydrogen (secondary N) is 2. The fourth-order valence-electron chi connectivity index (χ4n) is 3.30. The summed E-state index contributed by atoms with van der Waals surface area (Å²) in [6.07, 6.45) is 0.764. The van der Waals surface area contributed by atoms with Crippen LogP contribution < -0.4 is 15.4 Å². The molecule has 0 spiro atoms. The first kappa shape index (κ1) is 24.7. The van der Waals surface area contributed by atoms with E-state index >= 15 is 0 Å². The molecule has 1 saturated heterocycles. The first-order valence-corrected chi connectivity index (χ1v) is 12.0. The van der Waals surface area contributed by atoms with Crippen molar-refractivity contribution in [2.75, 3.05) is 32.8 Å². The number of para-hydroxylation sites is 1. The van der Waals surface area contributed by atoms with E-state index in [0.29, 0.717) is 39.1 Å². The minimum Gasteiger partial charge on any atom is -0.435 e. The number of nitrogens with zero attached hydrogens (tertiary/aromatic N) is 2. The van der Waals surface area contributed by atoms with E-state index in [1.54, 1.807) is 0 Å². The summed E-state index contributed by atoms with van der Waals surface area (Å²) in [5.41, 5.74) is -1.19. The molecule has 0 radical (unpaired) electrons. The number of alkyl halides is 2. The third kappa shape index (κ3) is 6.52. The number of hydrogen-bond donors (Lipinski definition) is 2. The van der Waals surface area contributed by atoms with Crippen LogP contribution in [0.2, 0.25) is 0 Å². The average molecular weight is 486 g/mol. The minimum atomic E-state index is -4.32. The summed E-state index contributed by atoms with van der Waals surface area (Å²) in [6, 6.07) is 6.74. The van der Waals surface area contributed by atoms with Crippen molar-refractivity contribution in [1.29, 1.82) is 5.26 Å². The van der Waals surface area contributed by atoms with Crippen LogP contribution in [0.4, 0.5) is 13.6 Å². The lowest BCUT2D eigenvalue weighted by Crippen LogP contribution is -2.53. The number of morpholine rings is 1. The Kier molecular flexibility index (Phi) is 7.70. The van der Waals surface area contributed by atoms with E-state index in [9.17, 15) is 32.0 Å². The van der Waals surface area contributed by atoms with Gasteiger partial charge < -0.3 is 25.0 Å². The van der Waals surface area contributed by atoms with Gasteiger partial charge in [-0.05, 0) is 18.9 Å². The Morgan fingerprint density at radius 3 is 2.52 bits per heavy atom. The fraction of sp³-hybridized carbons (Fsp3) is 0.550. The first-order chi connectivity index (χ1) is 15.7. The highest BCUT2D eigenvalue weighted by molar-refractivity contribution is 7.92. The molecular formula is C20H24F2N4O6S. The molecular weight excluding hydrogens is 462 g/mol. The summed E-state index contributed by atoms with van der Waals surface area (Å²) in [5.74, 6) is -2.05. The van der Waals surface area contributed by atoms with Crippen molar-refractivity contribution in [3.8, 4) is 11.8 Å². The van der Waals surface area contributed by atoms with Crippen molar-refractivity contribution < 1.29 is 36.3 Å². The number of rotatable bonds is 9. The normalized spacial score (nSPS) is 18.2. The molecule has 0 aromatic heterocycles. The first-order valence-electron chi connectivity index (χ1n) is 10.2. The minimum absolute atomic E-state index is 0.0588. The van der Waals surface area contributed by atoms with Crippen LogP contribution in [0, 0.1) is 11.3 Å². The molecule has 1 aromatic rings.